The zero-order chi connectivity index (χ0) is 22.3. The summed E-state index contributed by atoms with van der Waals surface area (Å²) in [6.45, 7) is 1.14. The molecule has 31 heavy (non-hydrogen) atoms. The first kappa shape index (κ1) is 21.2. The summed E-state index contributed by atoms with van der Waals surface area (Å²) in [5.41, 5.74) is 5.49. The number of halogens is 3. The summed E-state index contributed by atoms with van der Waals surface area (Å²) in [5.74, 6) is 0.465. The molecule has 0 spiro atoms. The Morgan fingerprint density at radius 3 is 2.42 bits per heavy atom. The van der Waals surface area contributed by atoms with Crippen LogP contribution in [0, 0.1) is 0 Å². The van der Waals surface area contributed by atoms with Crippen LogP contribution in [0.25, 0.3) is 21.5 Å². The standard InChI is InChI=1S/C21H20F3N3O3S/c1-29-14-6-5-11(9-15(14)30-2)13-10-12(21(22,23)24)16-17(25)18(31-19(16)26-13)20(28)27-7-3-4-8-27/h5-6,9-10H,3-4,7-8,25H2,1-2H3. The number of aromatic nitrogens is 1. The number of ether oxygens (including phenoxy) is 2. The lowest BCUT2D eigenvalue weighted by atomic mass is 10.0. The van der Waals surface area contributed by atoms with Gasteiger partial charge in [-0.05, 0) is 37.1 Å². The molecule has 3 aromatic rings. The zero-order valence-corrected chi connectivity index (χ0v) is 17.7. The third kappa shape index (κ3) is 3.76. The molecule has 0 bridgehead atoms. The first-order valence-corrected chi connectivity index (χ1v) is 10.4. The molecule has 10 heteroatoms. The summed E-state index contributed by atoms with van der Waals surface area (Å²) < 4.78 is 52.3. The Morgan fingerprint density at radius 1 is 1.13 bits per heavy atom. The summed E-state index contributed by atoms with van der Waals surface area (Å²) in [7, 11) is 2.91. The van der Waals surface area contributed by atoms with Crippen LogP contribution in [0.2, 0.25) is 0 Å². The van der Waals surface area contributed by atoms with Crippen LogP contribution in [0.1, 0.15) is 28.1 Å². The Kier molecular flexibility index (Phi) is 5.42. The number of carbonyl (C=O) groups is 1. The van der Waals surface area contributed by atoms with Gasteiger partial charge in [0.15, 0.2) is 11.5 Å². The molecule has 0 saturated carbocycles. The van der Waals surface area contributed by atoms with E-state index in [0.29, 0.717) is 30.2 Å². The molecule has 1 saturated heterocycles. The summed E-state index contributed by atoms with van der Waals surface area (Å²) in [6, 6.07) is 5.71. The number of anilines is 1. The molecule has 2 N–H and O–H groups in total. The largest absolute Gasteiger partial charge is 0.493 e. The van der Waals surface area contributed by atoms with E-state index in [0.717, 1.165) is 30.2 Å². The van der Waals surface area contributed by atoms with Crippen molar-refractivity contribution in [2.75, 3.05) is 33.0 Å². The van der Waals surface area contributed by atoms with Gasteiger partial charge in [-0.25, -0.2) is 4.98 Å². The van der Waals surface area contributed by atoms with E-state index in [4.69, 9.17) is 15.2 Å². The number of nitrogens with two attached hydrogens (primary N) is 1. The third-order valence-corrected chi connectivity index (χ3v) is 6.36. The van der Waals surface area contributed by atoms with Crippen molar-refractivity contribution in [1.82, 2.24) is 9.88 Å². The lowest BCUT2D eigenvalue weighted by molar-refractivity contribution is -0.136. The number of thiophene rings is 1. The van der Waals surface area contributed by atoms with Gasteiger partial charge < -0.3 is 20.1 Å². The van der Waals surface area contributed by atoms with Gasteiger partial charge in [0.1, 0.15) is 9.71 Å². The number of likely N-dealkylation sites (tertiary alicyclic amines) is 1. The Morgan fingerprint density at radius 2 is 1.81 bits per heavy atom. The fraction of sp³-hybridized carbons (Fsp3) is 0.333. The van der Waals surface area contributed by atoms with Crippen molar-refractivity contribution in [3.8, 4) is 22.8 Å². The van der Waals surface area contributed by atoms with Gasteiger partial charge >= 0.3 is 6.18 Å². The second-order valence-electron chi connectivity index (χ2n) is 7.15. The minimum Gasteiger partial charge on any atom is -0.493 e. The average Bonchev–Trinajstić information content (AvgIpc) is 3.40. The Hall–Kier alpha value is -3.01. The molecule has 0 radical (unpaired) electrons. The van der Waals surface area contributed by atoms with Crippen LogP contribution < -0.4 is 15.2 Å². The number of hydrogen-bond donors (Lipinski definition) is 1. The monoisotopic (exact) mass is 451 g/mol. The molecule has 1 aliphatic rings. The number of pyridine rings is 1. The Balaban J connectivity index is 1.90. The molecule has 2 aromatic heterocycles. The highest BCUT2D eigenvalue weighted by Gasteiger charge is 2.37. The second kappa shape index (κ2) is 7.92. The van der Waals surface area contributed by atoms with Crippen LogP contribution in [0.15, 0.2) is 24.3 Å². The number of hydrogen-bond acceptors (Lipinski definition) is 6. The summed E-state index contributed by atoms with van der Waals surface area (Å²) in [4.78, 5) is 19.0. The van der Waals surface area contributed by atoms with Gasteiger partial charge in [-0.1, -0.05) is 0 Å². The van der Waals surface area contributed by atoms with Gasteiger partial charge in [-0.2, -0.15) is 13.2 Å². The van der Waals surface area contributed by atoms with Crippen molar-refractivity contribution >= 4 is 33.1 Å². The van der Waals surface area contributed by atoms with Gasteiger partial charge in [0.25, 0.3) is 5.91 Å². The van der Waals surface area contributed by atoms with E-state index in [1.165, 1.54) is 14.2 Å². The summed E-state index contributed by atoms with van der Waals surface area (Å²) in [6.07, 6.45) is -2.94. The first-order valence-electron chi connectivity index (χ1n) is 9.56. The molecule has 0 atom stereocenters. The van der Waals surface area contributed by atoms with Crippen LogP contribution in [-0.2, 0) is 6.18 Å². The fourth-order valence-corrected chi connectivity index (χ4v) is 4.80. The molecule has 0 unspecified atom stereocenters. The Labute approximate surface area is 180 Å². The van der Waals surface area contributed by atoms with Gasteiger partial charge in [0.2, 0.25) is 0 Å². The number of alkyl halides is 3. The smallest absolute Gasteiger partial charge is 0.417 e. The second-order valence-corrected chi connectivity index (χ2v) is 8.15. The molecular formula is C21H20F3N3O3S. The van der Waals surface area contributed by atoms with E-state index in [9.17, 15) is 18.0 Å². The molecule has 0 aliphatic carbocycles. The van der Waals surface area contributed by atoms with Crippen LogP contribution in [0.3, 0.4) is 0 Å². The maximum absolute atomic E-state index is 14.0. The quantitative estimate of drug-likeness (QED) is 0.616. The number of nitrogens with zero attached hydrogens (tertiary/aromatic N) is 2. The van der Waals surface area contributed by atoms with E-state index in [-0.39, 0.29) is 32.4 Å². The van der Waals surface area contributed by atoms with E-state index < -0.39 is 11.7 Å². The normalized spacial score (nSPS) is 14.3. The summed E-state index contributed by atoms with van der Waals surface area (Å²) in [5, 5.41) is -0.232. The van der Waals surface area contributed by atoms with Crippen LogP contribution in [0.5, 0.6) is 11.5 Å². The van der Waals surface area contributed by atoms with Crippen LogP contribution in [-0.4, -0.2) is 43.1 Å². The number of amides is 1. The molecule has 6 nitrogen and oxygen atoms in total. The average molecular weight is 451 g/mol. The predicted molar refractivity (Wildman–Crippen MR) is 113 cm³/mol. The van der Waals surface area contributed by atoms with Crippen molar-refractivity contribution < 1.29 is 27.4 Å². The molecule has 3 heterocycles. The molecule has 1 amide bonds. The maximum atomic E-state index is 14.0. The van der Waals surface area contributed by atoms with Crippen molar-refractivity contribution in [2.45, 2.75) is 19.0 Å². The number of fused-ring (bicyclic) bond motifs is 1. The minimum atomic E-state index is -4.67. The molecule has 1 aromatic carbocycles. The van der Waals surface area contributed by atoms with E-state index in [1.54, 1.807) is 23.1 Å². The highest BCUT2D eigenvalue weighted by Crippen LogP contribution is 2.44. The molecular weight excluding hydrogens is 431 g/mol. The highest BCUT2D eigenvalue weighted by atomic mass is 32.1. The number of methoxy groups -OCH3 is 2. The third-order valence-electron chi connectivity index (χ3n) is 5.27. The van der Waals surface area contributed by atoms with Crippen molar-refractivity contribution in [3.63, 3.8) is 0 Å². The lowest BCUT2D eigenvalue weighted by Gasteiger charge is -2.14. The van der Waals surface area contributed by atoms with E-state index >= 15 is 0 Å². The van der Waals surface area contributed by atoms with E-state index in [1.807, 2.05) is 0 Å². The van der Waals surface area contributed by atoms with Gasteiger partial charge in [0, 0.05) is 24.0 Å². The first-order chi connectivity index (χ1) is 14.7. The molecule has 1 fully saturated rings. The highest BCUT2D eigenvalue weighted by molar-refractivity contribution is 7.21. The number of carbonyl (C=O) groups excluding carboxylic acids is 1. The van der Waals surface area contributed by atoms with Gasteiger partial charge in [0.05, 0.1) is 31.2 Å². The van der Waals surface area contributed by atoms with Crippen LogP contribution >= 0.6 is 11.3 Å². The fourth-order valence-electron chi connectivity index (χ4n) is 3.71. The zero-order valence-electron chi connectivity index (χ0n) is 16.9. The van der Waals surface area contributed by atoms with Crippen molar-refractivity contribution in [2.24, 2.45) is 0 Å². The lowest BCUT2D eigenvalue weighted by Crippen LogP contribution is -2.27. The SMILES string of the molecule is COc1ccc(-c2cc(C(F)(F)F)c3c(N)c(C(=O)N4CCCC4)sc3n2)cc1OC. The van der Waals surface area contributed by atoms with Crippen molar-refractivity contribution in [1.29, 1.82) is 0 Å². The molecule has 1 aliphatic heterocycles. The predicted octanol–water partition coefficient (Wildman–Crippen LogP) is 4.82. The van der Waals surface area contributed by atoms with Gasteiger partial charge in [-0.3, -0.25) is 4.79 Å². The minimum absolute atomic E-state index is 0.0691. The van der Waals surface area contributed by atoms with Crippen molar-refractivity contribution in [3.05, 3.63) is 34.7 Å². The van der Waals surface area contributed by atoms with Gasteiger partial charge in [-0.15, -0.1) is 11.3 Å². The molecule has 4 rings (SSSR count). The number of rotatable bonds is 4. The van der Waals surface area contributed by atoms with E-state index in [2.05, 4.69) is 4.98 Å². The number of nitrogen functional groups attached to an aromatic ring is 1. The summed E-state index contributed by atoms with van der Waals surface area (Å²) >= 11 is 0.892. The molecule has 164 valence electrons. The Bertz CT molecular complexity index is 1150. The maximum Gasteiger partial charge on any atom is 0.417 e. The topological polar surface area (TPSA) is 77.7 Å². The van der Waals surface area contributed by atoms with Crippen LogP contribution in [0.4, 0.5) is 18.9 Å². The number of benzene rings is 1.